The van der Waals surface area contributed by atoms with E-state index in [-0.39, 0.29) is 5.91 Å². The number of nitrogens with zero attached hydrogens (tertiary/aromatic N) is 3. The van der Waals surface area contributed by atoms with Crippen molar-refractivity contribution < 1.29 is 4.79 Å². The van der Waals surface area contributed by atoms with Crippen LogP contribution in [0, 0.1) is 0 Å². The number of carbonyl (C=O) groups excluding carboxylic acids is 1. The van der Waals surface area contributed by atoms with Crippen LogP contribution in [0.3, 0.4) is 0 Å². The number of aromatic nitrogens is 1. The first kappa shape index (κ1) is 18.5. The van der Waals surface area contributed by atoms with Gasteiger partial charge in [-0.1, -0.05) is 24.6 Å². The van der Waals surface area contributed by atoms with Crippen molar-refractivity contribution in [3.8, 4) is 0 Å². The maximum Gasteiger partial charge on any atom is 0.272 e. The fraction of sp³-hybridized carbons (Fsp3) is 0.400. The van der Waals surface area contributed by atoms with Crippen molar-refractivity contribution in [2.45, 2.75) is 26.3 Å². The second kappa shape index (κ2) is 8.41. The van der Waals surface area contributed by atoms with Crippen LogP contribution in [0.1, 0.15) is 30.8 Å². The molecule has 1 fully saturated rings. The Labute approximate surface area is 160 Å². The predicted octanol–water partition coefficient (Wildman–Crippen LogP) is 3.91. The SMILES string of the molecule is CCC(C)Nc1ccc(C(=O)N2CCN(c3cccc(Cl)c3)CC2)nc1. The molecule has 0 spiro atoms. The first-order valence-electron chi connectivity index (χ1n) is 9.09. The van der Waals surface area contributed by atoms with Crippen molar-refractivity contribution in [1.82, 2.24) is 9.88 Å². The highest BCUT2D eigenvalue weighted by molar-refractivity contribution is 6.30. The average molecular weight is 373 g/mol. The molecule has 1 aliphatic heterocycles. The second-order valence-corrected chi connectivity index (χ2v) is 7.08. The highest BCUT2D eigenvalue weighted by Crippen LogP contribution is 2.21. The minimum Gasteiger partial charge on any atom is -0.381 e. The van der Waals surface area contributed by atoms with Gasteiger partial charge in [0.1, 0.15) is 5.69 Å². The lowest BCUT2D eigenvalue weighted by Gasteiger charge is -2.36. The van der Waals surface area contributed by atoms with E-state index in [4.69, 9.17) is 11.6 Å². The lowest BCUT2D eigenvalue weighted by atomic mass is 10.2. The third kappa shape index (κ3) is 4.47. The van der Waals surface area contributed by atoms with Crippen molar-refractivity contribution in [1.29, 1.82) is 0 Å². The number of hydrogen-bond donors (Lipinski definition) is 1. The van der Waals surface area contributed by atoms with Crippen molar-refractivity contribution in [2.24, 2.45) is 0 Å². The molecule has 138 valence electrons. The molecule has 1 aromatic carbocycles. The molecule has 3 rings (SSSR count). The molecule has 1 saturated heterocycles. The summed E-state index contributed by atoms with van der Waals surface area (Å²) in [5, 5.41) is 4.09. The highest BCUT2D eigenvalue weighted by atomic mass is 35.5. The van der Waals surface area contributed by atoms with Crippen molar-refractivity contribution in [3.63, 3.8) is 0 Å². The summed E-state index contributed by atoms with van der Waals surface area (Å²) in [6.45, 7) is 7.20. The summed E-state index contributed by atoms with van der Waals surface area (Å²) in [5.74, 6) is -0.00849. The van der Waals surface area contributed by atoms with E-state index in [1.165, 1.54) is 0 Å². The minimum absolute atomic E-state index is 0.00849. The van der Waals surface area contributed by atoms with Gasteiger partial charge in [0.2, 0.25) is 0 Å². The number of anilines is 2. The van der Waals surface area contributed by atoms with E-state index < -0.39 is 0 Å². The Bertz CT molecular complexity index is 742. The summed E-state index contributed by atoms with van der Waals surface area (Å²) in [6, 6.07) is 11.9. The molecule has 1 amide bonds. The standard InChI is InChI=1S/C20H25ClN4O/c1-3-15(2)23-17-7-8-19(22-14-17)20(26)25-11-9-24(10-12-25)18-6-4-5-16(21)13-18/h4-8,13-15,23H,3,9-12H2,1-2H3. The van der Waals surface area contributed by atoms with Gasteiger partial charge in [-0.3, -0.25) is 4.79 Å². The first-order valence-corrected chi connectivity index (χ1v) is 9.47. The van der Waals surface area contributed by atoms with Gasteiger partial charge in [-0.25, -0.2) is 4.98 Å². The van der Waals surface area contributed by atoms with E-state index in [2.05, 4.69) is 29.0 Å². The maximum atomic E-state index is 12.7. The zero-order valence-corrected chi connectivity index (χ0v) is 16.0. The van der Waals surface area contributed by atoms with Gasteiger partial charge in [0, 0.05) is 42.9 Å². The third-order valence-electron chi connectivity index (χ3n) is 4.75. The average Bonchev–Trinajstić information content (AvgIpc) is 2.68. The van der Waals surface area contributed by atoms with Crippen LogP contribution in [0.25, 0.3) is 0 Å². The number of halogens is 1. The Morgan fingerprint density at radius 2 is 2.00 bits per heavy atom. The van der Waals surface area contributed by atoms with E-state index in [1.54, 1.807) is 12.3 Å². The molecule has 0 saturated carbocycles. The number of rotatable bonds is 5. The fourth-order valence-corrected chi connectivity index (χ4v) is 3.18. The molecule has 0 bridgehead atoms. The molecule has 2 aromatic rings. The van der Waals surface area contributed by atoms with Gasteiger partial charge in [0.05, 0.1) is 11.9 Å². The number of nitrogens with one attached hydrogen (secondary N) is 1. The number of pyridine rings is 1. The normalized spacial score (nSPS) is 15.7. The third-order valence-corrected chi connectivity index (χ3v) is 4.98. The van der Waals surface area contributed by atoms with E-state index in [0.717, 1.165) is 35.9 Å². The number of carbonyl (C=O) groups is 1. The first-order chi connectivity index (χ1) is 12.6. The van der Waals surface area contributed by atoms with Crippen LogP contribution < -0.4 is 10.2 Å². The summed E-state index contributed by atoms with van der Waals surface area (Å²) >= 11 is 6.07. The van der Waals surface area contributed by atoms with E-state index in [9.17, 15) is 4.79 Å². The van der Waals surface area contributed by atoms with E-state index in [1.807, 2.05) is 35.2 Å². The number of piperazine rings is 1. The van der Waals surface area contributed by atoms with Gasteiger partial charge >= 0.3 is 0 Å². The van der Waals surface area contributed by atoms with Crippen LogP contribution in [-0.4, -0.2) is 48.0 Å². The summed E-state index contributed by atoms with van der Waals surface area (Å²) < 4.78 is 0. The molecule has 1 unspecified atom stereocenters. The molecular weight excluding hydrogens is 348 g/mol. The lowest BCUT2D eigenvalue weighted by molar-refractivity contribution is 0.0741. The summed E-state index contributed by atoms with van der Waals surface area (Å²) in [6.07, 6.45) is 2.78. The lowest BCUT2D eigenvalue weighted by Crippen LogP contribution is -2.49. The Balaban J connectivity index is 1.58. The summed E-state index contributed by atoms with van der Waals surface area (Å²) in [5.41, 5.74) is 2.54. The van der Waals surface area contributed by atoms with Gasteiger partial charge in [-0.2, -0.15) is 0 Å². The molecule has 26 heavy (non-hydrogen) atoms. The smallest absolute Gasteiger partial charge is 0.272 e. The van der Waals surface area contributed by atoms with Gasteiger partial charge in [-0.15, -0.1) is 0 Å². The molecular formula is C20H25ClN4O. The monoisotopic (exact) mass is 372 g/mol. The molecule has 1 atom stereocenters. The number of hydrogen-bond acceptors (Lipinski definition) is 4. The molecule has 1 aromatic heterocycles. The van der Waals surface area contributed by atoms with Gasteiger partial charge in [0.15, 0.2) is 0 Å². The van der Waals surface area contributed by atoms with Gasteiger partial charge in [-0.05, 0) is 43.7 Å². The number of benzene rings is 1. The molecule has 1 aliphatic rings. The van der Waals surface area contributed by atoms with Crippen LogP contribution >= 0.6 is 11.6 Å². The summed E-state index contributed by atoms with van der Waals surface area (Å²) in [4.78, 5) is 21.2. The van der Waals surface area contributed by atoms with Crippen LogP contribution in [0.5, 0.6) is 0 Å². The Morgan fingerprint density at radius 3 is 2.62 bits per heavy atom. The van der Waals surface area contributed by atoms with Crippen molar-refractivity contribution in [2.75, 3.05) is 36.4 Å². The highest BCUT2D eigenvalue weighted by Gasteiger charge is 2.23. The Kier molecular flexibility index (Phi) is 5.99. The molecule has 6 heteroatoms. The van der Waals surface area contributed by atoms with E-state index >= 15 is 0 Å². The largest absolute Gasteiger partial charge is 0.381 e. The Morgan fingerprint density at radius 1 is 1.23 bits per heavy atom. The zero-order valence-electron chi connectivity index (χ0n) is 15.3. The van der Waals surface area contributed by atoms with Crippen LogP contribution in [-0.2, 0) is 0 Å². The van der Waals surface area contributed by atoms with E-state index in [0.29, 0.717) is 24.8 Å². The number of amides is 1. The second-order valence-electron chi connectivity index (χ2n) is 6.64. The minimum atomic E-state index is -0.00849. The molecule has 0 aliphatic carbocycles. The zero-order chi connectivity index (χ0) is 18.5. The Hall–Kier alpha value is -2.27. The predicted molar refractivity (Wildman–Crippen MR) is 107 cm³/mol. The fourth-order valence-electron chi connectivity index (χ4n) is 2.99. The quantitative estimate of drug-likeness (QED) is 0.864. The van der Waals surface area contributed by atoms with Crippen molar-refractivity contribution >= 4 is 28.9 Å². The van der Waals surface area contributed by atoms with Crippen LogP contribution in [0.15, 0.2) is 42.6 Å². The van der Waals surface area contributed by atoms with Crippen molar-refractivity contribution in [3.05, 3.63) is 53.3 Å². The molecule has 0 radical (unpaired) electrons. The van der Waals surface area contributed by atoms with Gasteiger partial charge < -0.3 is 15.1 Å². The maximum absolute atomic E-state index is 12.7. The molecule has 1 N–H and O–H groups in total. The summed E-state index contributed by atoms with van der Waals surface area (Å²) in [7, 11) is 0. The molecule has 2 heterocycles. The van der Waals surface area contributed by atoms with Crippen LogP contribution in [0.2, 0.25) is 5.02 Å². The van der Waals surface area contributed by atoms with Gasteiger partial charge in [0.25, 0.3) is 5.91 Å². The van der Waals surface area contributed by atoms with Crippen LogP contribution in [0.4, 0.5) is 11.4 Å². The molecule has 5 nitrogen and oxygen atoms in total. The topological polar surface area (TPSA) is 48.5 Å².